The monoisotopic (exact) mass is 156 g/mol. The third-order valence-electron chi connectivity index (χ3n) is 1.38. The zero-order valence-electron chi connectivity index (χ0n) is 6.83. The Morgan fingerprint density at radius 2 is 2.25 bits per heavy atom. The molecule has 1 rings (SSSR count). The van der Waals surface area contributed by atoms with Crippen LogP contribution in [0.1, 0.15) is 5.56 Å². The molecular formula is C10H8N2. The van der Waals surface area contributed by atoms with Crippen molar-refractivity contribution in [2.24, 2.45) is 4.99 Å². The van der Waals surface area contributed by atoms with Crippen molar-refractivity contribution in [1.29, 1.82) is 0 Å². The highest BCUT2D eigenvalue weighted by Gasteiger charge is 1.94. The number of benzene rings is 1. The van der Waals surface area contributed by atoms with Crippen molar-refractivity contribution in [3.8, 4) is 0 Å². The number of aliphatic imine (C=N–C) groups is 1. The quantitative estimate of drug-likeness (QED) is 0.439. The van der Waals surface area contributed by atoms with Crippen LogP contribution >= 0.6 is 0 Å². The molecule has 1 aromatic rings. The summed E-state index contributed by atoms with van der Waals surface area (Å²) in [6, 6.07) is 5.40. The molecule has 2 heteroatoms. The van der Waals surface area contributed by atoms with Gasteiger partial charge in [-0.25, -0.2) is 9.84 Å². The molecule has 0 amide bonds. The minimum Gasteiger partial charge on any atom is -0.238 e. The molecule has 0 aliphatic heterocycles. The fraction of sp³-hybridized carbons (Fsp3) is 0.100. The van der Waals surface area contributed by atoms with E-state index in [4.69, 9.17) is 6.57 Å². The Labute approximate surface area is 71.7 Å². The minimum atomic E-state index is 0.601. The van der Waals surface area contributed by atoms with Gasteiger partial charge in [-0.05, 0) is 31.5 Å². The standard InChI is InChI=1S/C10H8N2/c1-4-12-10-6-8(2)5-9(7-10)11-3/h5-7H,1H2,2H3. The van der Waals surface area contributed by atoms with Crippen molar-refractivity contribution in [3.63, 3.8) is 0 Å². The summed E-state index contributed by atoms with van der Waals surface area (Å²) in [5.41, 5.74) is 2.36. The second kappa shape index (κ2) is 3.52. The maximum Gasteiger partial charge on any atom is 0.189 e. The molecule has 0 aromatic heterocycles. The predicted molar refractivity (Wildman–Crippen MR) is 50.2 cm³/mol. The smallest absolute Gasteiger partial charge is 0.189 e. The fourth-order valence-corrected chi connectivity index (χ4v) is 0.963. The van der Waals surface area contributed by atoms with Crippen LogP contribution in [0, 0.1) is 13.5 Å². The fourth-order valence-electron chi connectivity index (χ4n) is 0.963. The molecule has 0 N–H and O–H groups in total. The number of nitrogens with zero attached hydrogens (tertiary/aromatic N) is 2. The first-order valence-electron chi connectivity index (χ1n) is 3.48. The molecular weight excluding hydrogens is 148 g/mol. The number of aryl methyl sites for hydroxylation is 1. The highest BCUT2D eigenvalue weighted by Crippen LogP contribution is 2.22. The lowest BCUT2D eigenvalue weighted by Gasteiger charge is -1.95. The molecule has 0 atom stereocenters. The Balaban J connectivity index is 3.25. The van der Waals surface area contributed by atoms with Gasteiger partial charge < -0.3 is 0 Å². The third kappa shape index (κ3) is 1.82. The Morgan fingerprint density at radius 3 is 2.83 bits per heavy atom. The minimum absolute atomic E-state index is 0.601. The molecule has 12 heavy (non-hydrogen) atoms. The normalized spacial score (nSPS) is 8.33. The number of rotatable bonds is 1. The van der Waals surface area contributed by atoms with Crippen LogP contribution in [0.25, 0.3) is 4.85 Å². The van der Waals surface area contributed by atoms with Crippen LogP contribution in [-0.2, 0) is 0 Å². The number of hydrogen-bond acceptors (Lipinski definition) is 1. The average molecular weight is 156 g/mol. The van der Waals surface area contributed by atoms with Gasteiger partial charge in [0.2, 0.25) is 0 Å². The van der Waals surface area contributed by atoms with E-state index in [1.807, 2.05) is 19.1 Å². The first-order chi connectivity index (χ1) is 5.76. The molecule has 1 aromatic carbocycles. The zero-order valence-corrected chi connectivity index (χ0v) is 6.83. The first kappa shape index (κ1) is 8.26. The SMILES string of the molecule is [C-]#[N+]c1cc(C)cc(N=C=C)c1. The number of hydrogen-bond donors (Lipinski definition) is 0. The molecule has 0 radical (unpaired) electrons. The Morgan fingerprint density at radius 1 is 1.50 bits per heavy atom. The van der Waals surface area contributed by atoms with E-state index in [-0.39, 0.29) is 0 Å². The molecule has 0 unspecified atom stereocenters. The van der Waals surface area contributed by atoms with E-state index in [1.54, 1.807) is 6.07 Å². The van der Waals surface area contributed by atoms with Gasteiger partial charge in [0.15, 0.2) is 5.69 Å². The molecule has 0 heterocycles. The molecule has 0 saturated heterocycles. The zero-order chi connectivity index (χ0) is 8.97. The summed E-state index contributed by atoms with van der Waals surface area (Å²) < 4.78 is 0. The van der Waals surface area contributed by atoms with Gasteiger partial charge in [0.25, 0.3) is 0 Å². The first-order valence-corrected chi connectivity index (χ1v) is 3.48. The van der Waals surface area contributed by atoms with Gasteiger partial charge in [-0.1, -0.05) is 11.6 Å². The maximum absolute atomic E-state index is 6.82. The van der Waals surface area contributed by atoms with E-state index < -0.39 is 0 Å². The van der Waals surface area contributed by atoms with Crippen LogP contribution in [0.2, 0.25) is 0 Å². The molecule has 0 aliphatic carbocycles. The van der Waals surface area contributed by atoms with E-state index in [9.17, 15) is 0 Å². The van der Waals surface area contributed by atoms with Crippen LogP contribution in [0.3, 0.4) is 0 Å². The summed E-state index contributed by atoms with van der Waals surface area (Å²) in [6.45, 7) is 12.1. The summed E-state index contributed by atoms with van der Waals surface area (Å²) in [5, 5.41) is 0. The average Bonchev–Trinajstić information content (AvgIpc) is 2.04. The summed E-state index contributed by atoms with van der Waals surface area (Å²) >= 11 is 0. The van der Waals surface area contributed by atoms with Gasteiger partial charge in [0.1, 0.15) is 0 Å². The topological polar surface area (TPSA) is 16.7 Å². The summed E-state index contributed by atoms with van der Waals surface area (Å²) in [4.78, 5) is 7.19. The Kier molecular flexibility index (Phi) is 2.42. The Bertz CT molecular complexity index is 379. The van der Waals surface area contributed by atoms with Crippen molar-refractivity contribution >= 4 is 17.2 Å². The van der Waals surface area contributed by atoms with Gasteiger partial charge in [-0.15, -0.1) is 0 Å². The van der Waals surface area contributed by atoms with Crippen LogP contribution in [0.15, 0.2) is 29.8 Å². The van der Waals surface area contributed by atoms with E-state index in [1.165, 1.54) is 0 Å². The van der Waals surface area contributed by atoms with Crippen molar-refractivity contribution in [3.05, 3.63) is 41.8 Å². The molecule has 2 nitrogen and oxygen atoms in total. The van der Waals surface area contributed by atoms with E-state index >= 15 is 0 Å². The maximum atomic E-state index is 6.82. The van der Waals surface area contributed by atoms with Crippen molar-refractivity contribution in [2.45, 2.75) is 6.92 Å². The molecule has 58 valence electrons. The lowest BCUT2D eigenvalue weighted by molar-refractivity contribution is 1.44. The summed E-state index contributed by atoms with van der Waals surface area (Å²) in [5.74, 6) is 2.43. The van der Waals surface area contributed by atoms with Gasteiger partial charge in [-0.3, -0.25) is 0 Å². The highest BCUT2D eigenvalue weighted by molar-refractivity contribution is 5.62. The summed E-state index contributed by atoms with van der Waals surface area (Å²) in [6.07, 6.45) is 0. The van der Waals surface area contributed by atoms with Crippen LogP contribution in [0.4, 0.5) is 11.4 Å². The second-order valence-corrected chi connectivity index (χ2v) is 2.41. The van der Waals surface area contributed by atoms with E-state index in [0.717, 1.165) is 11.3 Å². The van der Waals surface area contributed by atoms with Gasteiger partial charge in [0, 0.05) is 0 Å². The van der Waals surface area contributed by atoms with Crippen molar-refractivity contribution in [2.75, 3.05) is 0 Å². The molecule has 0 spiro atoms. The highest BCUT2D eigenvalue weighted by atomic mass is 14.7. The predicted octanol–water partition coefficient (Wildman–Crippen LogP) is 3.03. The second-order valence-electron chi connectivity index (χ2n) is 2.41. The van der Waals surface area contributed by atoms with Gasteiger partial charge in [0.05, 0.1) is 12.3 Å². The van der Waals surface area contributed by atoms with Crippen LogP contribution in [0.5, 0.6) is 0 Å². The lowest BCUT2D eigenvalue weighted by atomic mass is 10.2. The van der Waals surface area contributed by atoms with Crippen molar-refractivity contribution < 1.29 is 0 Å². The third-order valence-corrected chi connectivity index (χ3v) is 1.38. The molecule has 0 fully saturated rings. The Hall–Kier alpha value is -1.84. The van der Waals surface area contributed by atoms with Gasteiger partial charge >= 0.3 is 0 Å². The molecule has 0 aliphatic rings. The molecule has 0 bridgehead atoms. The largest absolute Gasteiger partial charge is 0.238 e. The van der Waals surface area contributed by atoms with E-state index in [2.05, 4.69) is 22.3 Å². The van der Waals surface area contributed by atoms with Crippen LogP contribution < -0.4 is 0 Å². The van der Waals surface area contributed by atoms with Crippen molar-refractivity contribution in [1.82, 2.24) is 0 Å². The molecule has 0 saturated carbocycles. The van der Waals surface area contributed by atoms with Gasteiger partial charge in [-0.2, -0.15) is 0 Å². The van der Waals surface area contributed by atoms with Crippen LogP contribution in [-0.4, -0.2) is 5.87 Å². The summed E-state index contributed by atoms with van der Waals surface area (Å²) in [7, 11) is 0. The van der Waals surface area contributed by atoms with E-state index in [0.29, 0.717) is 5.69 Å². The lowest BCUT2D eigenvalue weighted by Crippen LogP contribution is -1.70.